The molecular formula is C48H82N2O5. The van der Waals surface area contributed by atoms with Crippen molar-refractivity contribution in [2.24, 2.45) is 5.73 Å². The number of carbonyl (C=O) groups excluding carboxylic acids is 2. The Balaban J connectivity index is 4.41. The molecule has 0 aromatic heterocycles. The predicted octanol–water partition coefficient (Wildman–Crippen LogP) is 12.7. The van der Waals surface area contributed by atoms with Gasteiger partial charge < -0.3 is 20.9 Å². The summed E-state index contributed by atoms with van der Waals surface area (Å²) in [6.45, 7) is 4.80. The van der Waals surface area contributed by atoms with Gasteiger partial charge in [-0.05, 0) is 109 Å². The van der Waals surface area contributed by atoms with Gasteiger partial charge >= 0.3 is 11.9 Å². The van der Waals surface area contributed by atoms with Crippen LogP contribution in [0.2, 0.25) is 0 Å². The van der Waals surface area contributed by atoms with Crippen LogP contribution >= 0.6 is 0 Å². The molecule has 4 N–H and O–H groups in total. The maximum atomic E-state index is 12.8. The number of nitrogens with one attached hydrogen (secondary N) is 1. The quantitative estimate of drug-likeness (QED) is 0.0326. The van der Waals surface area contributed by atoms with Crippen LogP contribution in [0.5, 0.6) is 0 Å². The van der Waals surface area contributed by atoms with Crippen LogP contribution in [0.3, 0.4) is 0 Å². The van der Waals surface area contributed by atoms with Crippen molar-refractivity contribution in [3.63, 3.8) is 0 Å². The first-order valence-electron chi connectivity index (χ1n) is 22.3. The van der Waals surface area contributed by atoms with Crippen molar-refractivity contribution in [1.29, 1.82) is 0 Å². The maximum absolute atomic E-state index is 12.8. The van der Waals surface area contributed by atoms with Gasteiger partial charge in [0.05, 0.1) is 0 Å². The number of rotatable bonds is 39. The molecule has 314 valence electrons. The van der Waals surface area contributed by atoms with E-state index in [1.165, 1.54) is 70.6 Å². The van der Waals surface area contributed by atoms with E-state index < -0.39 is 12.0 Å². The molecule has 0 radical (unpaired) electrons. The molecule has 0 heterocycles. The highest BCUT2D eigenvalue weighted by molar-refractivity contribution is 5.83. The lowest BCUT2D eigenvalue weighted by Crippen LogP contribution is -2.40. The van der Waals surface area contributed by atoms with Crippen molar-refractivity contribution in [2.45, 2.75) is 206 Å². The highest BCUT2D eigenvalue weighted by atomic mass is 16.5. The lowest BCUT2D eigenvalue weighted by Gasteiger charge is -2.15. The second-order valence-corrected chi connectivity index (χ2v) is 14.7. The minimum Gasteiger partial charge on any atom is -0.480 e. The Kier molecular flexibility index (Phi) is 39.5. The molecule has 0 aliphatic heterocycles. The molecule has 55 heavy (non-hydrogen) atoms. The van der Waals surface area contributed by atoms with Crippen LogP contribution in [-0.4, -0.2) is 41.6 Å². The van der Waals surface area contributed by atoms with Gasteiger partial charge in [0, 0.05) is 12.8 Å². The molecule has 0 aromatic carbocycles. The second kappa shape index (κ2) is 42.0. The number of carboxylic acid groups (broad SMARTS) is 1. The molecule has 0 fully saturated rings. The van der Waals surface area contributed by atoms with Crippen molar-refractivity contribution in [3.8, 4) is 0 Å². The molecule has 1 amide bonds. The SMILES string of the molecule is CC/C=C\C/C=C\C/C=C\C/C=C\C(CCCCCCCC(=O)NC(CCCN)C(=O)O)OC(=O)CCCCCCCCC/C=C\C/C=C\CCCCCC. The number of allylic oxidation sites excluding steroid dienone is 11. The van der Waals surface area contributed by atoms with E-state index in [1.807, 2.05) is 6.08 Å². The Morgan fingerprint density at radius 3 is 1.62 bits per heavy atom. The summed E-state index contributed by atoms with van der Waals surface area (Å²) in [6, 6.07) is -0.871. The third kappa shape index (κ3) is 38.9. The molecule has 0 saturated heterocycles. The van der Waals surface area contributed by atoms with E-state index >= 15 is 0 Å². The Labute approximate surface area is 337 Å². The number of hydrogen-bond acceptors (Lipinski definition) is 5. The zero-order chi connectivity index (χ0) is 40.3. The van der Waals surface area contributed by atoms with Gasteiger partial charge in [0.2, 0.25) is 5.91 Å². The summed E-state index contributed by atoms with van der Waals surface area (Å²) < 4.78 is 5.93. The van der Waals surface area contributed by atoms with E-state index in [4.69, 9.17) is 10.5 Å². The van der Waals surface area contributed by atoms with Gasteiger partial charge in [0.1, 0.15) is 12.1 Å². The first-order valence-corrected chi connectivity index (χ1v) is 22.3. The summed E-state index contributed by atoms with van der Waals surface area (Å²) >= 11 is 0. The number of ether oxygens (including phenoxy) is 1. The number of carboxylic acids is 1. The number of hydrogen-bond donors (Lipinski definition) is 3. The van der Waals surface area contributed by atoms with Crippen LogP contribution in [0, 0.1) is 0 Å². The van der Waals surface area contributed by atoms with Crippen molar-refractivity contribution in [1.82, 2.24) is 5.32 Å². The van der Waals surface area contributed by atoms with Crippen molar-refractivity contribution in [2.75, 3.05) is 6.54 Å². The summed E-state index contributed by atoms with van der Waals surface area (Å²) in [7, 11) is 0. The van der Waals surface area contributed by atoms with E-state index in [0.717, 1.165) is 83.5 Å². The Bertz CT molecular complexity index is 1090. The number of nitrogens with two attached hydrogens (primary N) is 1. The lowest BCUT2D eigenvalue weighted by atomic mass is 10.1. The highest BCUT2D eigenvalue weighted by Gasteiger charge is 2.18. The van der Waals surface area contributed by atoms with Crippen LogP contribution in [0.4, 0.5) is 0 Å². The fraction of sp³-hybridized carbons (Fsp3) is 0.688. The molecule has 0 spiro atoms. The van der Waals surface area contributed by atoms with Crippen LogP contribution in [0.15, 0.2) is 72.9 Å². The monoisotopic (exact) mass is 767 g/mol. The van der Waals surface area contributed by atoms with Gasteiger partial charge in [-0.2, -0.15) is 0 Å². The van der Waals surface area contributed by atoms with Crippen molar-refractivity contribution < 1.29 is 24.2 Å². The smallest absolute Gasteiger partial charge is 0.326 e. The number of esters is 1. The number of amides is 1. The minimum atomic E-state index is -1.02. The zero-order valence-electron chi connectivity index (χ0n) is 35.2. The first-order chi connectivity index (χ1) is 26.9. The highest BCUT2D eigenvalue weighted by Crippen LogP contribution is 2.15. The topological polar surface area (TPSA) is 119 Å². The molecule has 2 atom stereocenters. The average Bonchev–Trinajstić information content (AvgIpc) is 3.17. The standard InChI is InChI=1S/C48H82N2O5/c1-3-5-7-9-11-13-15-16-17-18-19-20-21-23-25-27-32-36-42-47(52)55-44(38-33-29-26-24-22-14-12-10-8-6-4-2)39-34-30-28-31-35-41-46(51)50-45(48(53)54)40-37-43-49/h6,8,12-15,17-18,24,26,33,38,44-45H,3-5,7,9-11,16,19-23,25,27-32,34-37,39-43,49H2,1-2H3,(H,50,51)(H,53,54)/b8-6-,14-12-,15-13-,18-17-,26-24-,38-33-. The molecule has 0 aliphatic rings. The average molecular weight is 767 g/mol. The van der Waals surface area contributed by atoms with E-state index in [2.05, 4.69) is 86.0 Å². The number of unbranched alkanes of at least 4 members (excludes halogenated alkanes) is 15. The van der Waals surface area contributed by atoms with Gasteiger partial charge in [0.15, 0.2) is 0 Å². The Morgan fingerprint density at radius 1 is 0.564 bits per heavy atom. The maximum Gasteiger partial charge on any atom is 0.326 e. The molecule has 0 bridgehead atoms. The third-order valence-electron chi connectivity index (χ3n) is 9.49. The van der Waals surface area contributed by atoms with E-state index in [0.29, 0.717) is 32.2 Å². The van der Waals surface area contributed by atoms with Gasteiger partial charge in [-0.1, -0.05) is 151 Å². The van der Waals surface area contributed by atoms with Gasteiger partial charge in [0.25, 0.3) is 0 Å². The Morgan fingerprint density at radius 2 is 1.05 bits per heavy atom. The van der Waals surface area contributed by atoms with Crippen LogP contribution < -0.4 is 11.1 Å². The summed E-state index contributed by atoms with van der Waals surface area (Å²) in [5, 5.41) is 11.9. The molecule has 0 rings (SSSR count). The van der Waals surface area contributed by atoms with E-state index in [1.54, 1.807) is 0 Å². The second-order valence-electron chi connectivity index (χ2n) is 14.7. The molecular weight excluding hydrogens is 685 g/mol. The molecule has 0 aromatic rings. The van der Waals surface area contributed by atoms with Crippen LogP contribution in [0.1, 0.15) is 194 Å². The Hall–Kier alpha value is -3.19. The van der Waals surface area contributed by atoms with E-state index in [-0.39, 0.29) is 18.0 Å². The summed E-state index contributed by atoms with van der Waals surface area (Å²) in [6.07, 6.45) is 53.9. The summed E-state index contributed by atoms with van der Waals surface area (Å²) in [5.41, 5.74) is 5.48. The summed E-state index contributed by atoms with van der Waals surface area (Å²) in [4.78, 5) is 36.3. The molecule has 7 heteroatoms. The van der Waals surface area contributed by atoms with Gasteiger partial charge in [-0.25, -0.2) is 4.79 Å². The molecule has 2 unspecified atom stereocenters. The van der Waals surface area contributed by atoms with Gasteiger partial charge in [-0.3, -0.25) is 9.59 Å². The summed E-state index contributed by atoms with van der Waals surface area (Å²) in [5.74, 6) is -1.35. The number of carbonyl (C=O) groups is 3. The van der Waals surface area contributed by atoms with Gasteiger partial charge in [-0.15, -0.1) is 0 Å². The fourth-order valence-electron chi connectivity index (χ4n) is 6.15. The first kappa shape index (κ1) is 51.8. The van der Waals surface area contributed by atoms with Crippen molar-refractivity contribution in [3.05, 3.63) is 72.9 Å². The normalized spacial score (nSPS) is 13.4. The molecule has 0 saturated carbocycles. The minimum absolute atomic E-state index is 0.109. The fourth-order valence-corrected chi connectivity index (χ4v) is 6.15. The molecule has 0 aliphatic carbocycles. The van der Waals surface area contributed by atoms with Crippen molar-refractivity contribution >= 4 is 17.8 Å². The zero-order valence-corrected chi connectivity index (χ0v) is 35.2. The third-order valence-corrected chi connectivity index (χ3v) is 9.49. The lowest BCUT2D eigenvalue weighted by molar-refractivity contribution is -0.147. The largest absolute Gasteiger partial charge is 0.480 e. The van der Waals surface area contributed by atoms with Crippen LogP contribution in [0.25, 0.3) is 0 Å². The van der Waals surface area contributed by atoms with Crippen LogP contribution in [-0.2, 0) is 19.1 Å². The predicted molar refractivity (Wildman–Crippen MR) is 234 cm³/mol. The molecule has 7 nitrogen and oxygen atoms in total. The number of aliphatic carboxylic acids is 1. The van der Waals surface area contributed by atoms with E-state index in [9.17, 15) is 19.5 Å².